The monoisotopic (exact) mass is 328 g/mol. The Hall–Kier alpha value is -2.16. The molecule has 2 atom stereocenters. The van der Waals surface area contributed by atoms with Gasteiger partial charge in [-0.05, 0) is 45.1 Å². The second-order valence-corrected chi connectivity index (χ2v) is 6.82. The molecule has 1 aliphatic carbocycles. The summed E-state index contributed by atoms with van der Waals surface area (Å²) in [7, 11) is 0. The summed E-state index contributed by atoms with van der Waals surface area (Å²) in [5, 5.41) is 31.4. The second-order valence-electron chi connectivity index (χ2n) is 6.82. The molecule has 1 aromatic carbocycles. The van der Waals surface area contributed by atoms with Crippen LogP contribution >= 0.6 is 0 Å². The van der Waals surface area contributed by atoms with E-state index in [0.29, 0.717) is 11.1 Å². The lowest BCUT2D eigenvalue weighted by Crippen LogP contribution is -2.17. The third kappa shape index (κ3) is 3.66. The maximum Gasteiger partial charge on any atom is 0.165 e. The Morgan fingerprint density at radius 2 is 2.00 bits per heavy atom. The van der Waals surface area contributed by atoms with Gasteiger partial charge in [-0.25, -0.2) is 0 Å². The standard InChI is InChI=1S/C21H28O3/c1-5-6-7-8-15-12-18(22)19(21(24)20(15)23)17-11-14(4)9-10-16(17)13(2)3/h7-8,11-12,16-17,22-24H,2,5-6,9-10H2,1,3-4H3/b8-7+/t16?,17-/m1/s1. The van der Waals surface area contributed by atoms with E-state index in [9.17, 15) is 15.3 Å². The maximum atomic E-state index is 10.6. The zero-order valence-electron chi connectivity index (χ0n) is 14.8. The summed E-state index contributed by atoms with van der Waals surface area (Å²) in [6.07, 6.45) is 9.53. The Kier molecular flexibility index (Phi) is 5.76. The van der Waals surface area contributed by atoms with E-state index in [4.69, 9.17) is 0 Å². The topological polar surface area (TPSA) is 60.7 Å². The molecule has 0 saturated heterocycles. The summed E-state index contributed by atoms with van der Waals surface area (Å²) in [4.78, 5) is 0. The van der Waals surface area contributed by atoms with Crippen molar-refractivity contribution in [3.05, 3.63) is 47.1 Å². The highest BCUT2D eigenvalue weighted by Gasteiger charge is 2.31. The summed E-state index contributed by atoms with van der Waals surface area (Å²) in [5.41, 5.74) is 3.08. The lowest BCUT2D eigenvalue weighted by Gasteiger charge is -2.31. The van der Waals surface area contributed by atoms with Gasteiger partial charge in [0.2, 0.25) is 0 Å². The first kappa shape index (κ1) is 18.2. The van der Waals surface area contributed by atoms with Crippen LogP contribution in [0.15, 0.2) is 35.9 Å². The quantitative estimate of drug-likeness (QED) is 0.373. The van der Waals surface area contributed by atoms with E-state index in [1.54, 1.807) is 6.08 Å². The van der Waals surface area contributed by atoms with Gasteiger partial charge in [-0.15, -0.1) is 0 Å². The molecular formula is C21H28O3. The first-order valence-corrected chi connectivity index (χ1v) is 8.63. The van der Waals surface area contributed by atoms with Crippen molar-refractivity contribution in [1.82, 2.24) is 0 Å². The van der Waals surface area contributed by atoms with Crippen molar-refractivity contribution >= 4 is 6.08 Å². The second kappa shape index (κ2) is 7.61. The highest BCUT2D eigenvalue weighted by molar-refractivity contribution is 5.68. The molecule has 24 heavy (non-hydrogen) atoms. The fourth-order valence-electron chi connectivity index (χ4n) is 3.42. The molecule has 0 bridgehead atoms. The van der Waals surface area contributed by atoms with Crippen LogP contribution in [0.5, 0.6) is 17.2 Å². The van der Waals surface area contributed by atoms with Gasteiger partial charge < -0.3 is 15.3 Å². The van der Waals surface area contributed by atoms with E-state index < -0.39 is 0 Å². The summed E-state index contributed by atoms with van der Waals surface area (Å²) in [6.45, 7) is 10.2. The van der Waals surface area contributed by atoms with Crippen molar-refractivity contribution in [2.45, 2.75) is 52.4 Å². The van der Waals surface area contributed by atoms with Gasteiger partial charge in [0, 0.05) is 17.0 Å². The van der Waals surface area contributed by atoms with Crippen molar-refractivity contribution in [1.29, 1.82) is 0 Å². The SMILES string of the molecule is C=C(C)C1CCC(C)=C[C@H]1c1c(O)cc(/C=C/CCC)c(O)c1O. The molecule has 0 spiro atoms. The minimum Gasteiger partial charge on any atom is -0.507 e. The van der Waals surface area contributed by atoms with Crippen LogP contribution in [0, 0.1) is 5.92 Å². The van der Waals surface area contributed by atoms with Crippen LogP contribution in [0.25, 0.3) is 6.08 Å². The molecule has 0 aromatic heterocycles. The molecule has 1 aromatic rings. The largest absolute Gasteiger partial charge is 0.507 e. The van der Waals surface area contributed by atoms with Crippen LogP contribution in [-0.2, 0) is 0 Å². The van der Waals surface area contributed by atoms with E-state index in [1.165, 1.54) is 11.6 Å². The van der Waals surface area contributed by atoms with Crippen molar-refractivity contribution in [3.8, 4) is 17.2 Å². The first-order chi connectivity index (χ1) is 11.4. The number of rotatable bonds is 5. The molecule has 2 rings (SSSR count). The molecule has 3 N–H and O–H groups in total. The molecule has 0 fully saturated rings. The molecule has 3 nitrogen and oxygen atoms in total. The Morgan fingerprint density at radius 1 is 1.29 bits per heavy atom. The molecule has 3 heteroatoms. The van der Waals surface area contributed by atoms with Crippen LogP contribution in [0.1, 0.15) is 63.5 Å². The maximum absolute atomic E-state index is 10.6. The highest BCUT2D eigenvalue weighted by Crippen LogP contribution is 2.49. The molecule has 0 amide bonds. The number of hydrogen-bond donors (Lipinski definition) is 3. The van der Waals surface area contributed by atoms with Gasteiger partial charge >= 0.3 is 0 Å². The fraction of sp³-hybridized carbons (Fsp3) is 0.429. The van der Waals surface area contributed by atoms with Crippen molar-refractivity contribution in [2.24, 2.45) is 5.92 Å². The van der Waals surface area contributed by atoms with Crippen LogP contribution in [0.3, 0.4) is 0 Å². The number of phenolic OH excluding ortho intramolecular Hbond substituents is 3. The minimum absolute atomic E-state index is 0.0173. The summed E-state index contributed by atoms with van der Waals surface area (Å²) >= 11 is 0. The van der Waals surface area contributed by atoms with Crippen molar-refractivity contribution in [2.75, 3.05) is 0 Å². The van der Waals surface area contributed by atoms with E-state index in [1.807, 2.05) is 13.0 Å². The third-order valence-corrected chi connectivity index (χ3v) is 4.79. The fourth-order valence-corrected chi connectivity index (χ4v) is 3.42. The van der Waals surface area contributed by atoms with Gasteiger partial charge in [-0.1, -0.05) is 49.3 Å². The highest BCUT2D eigenvalue weighted by atomic mass is 16.3. The van der Waals surface area contributed by atoms with E-state index in [0.717, 1.165) is 31.3 Å². The molecule has 1 unspecified atom stereocenters. The number of hydrogen-bond acceptors (Lipinski definition) is 3. The molecule has 0 heterocycles. The zero-order chi connectivity index (χ0) is 17.9. The van der Waals surface area contributed by atoms with Crippen LogP contribution in [0.4, 0.5) is 0 Å². The zero-order valence-corrected chi connectivity index (χ0v) is 14.8. The first-order valence-electron chi connectivity index (χ1n) is 8.63. The van der Waals surface area contributed by atoms with Crippen LogP contribution in [-0.4, -0.2) is 15.3 Å². The third-order valence-electron chi connectivity index (χ3n) is 4.79. The smallest absolute Gasteiger partial charge is 0.165 e. The number of phenols is 3. The van der Waals surface area contributed by atoms with E-state index in [2.05, 4.69) is 26.5 Å². The van der Waals surface area contributed by atoms with Gasteiger partial charge in [0.25, 0.3) is 0 Å². The molecule has 130 valence electrons. The molecule has 0 radical (unpaired) electrons. The summed E-state index contributed by atoms with van der Waals surface area (Å²) in [5.74, 6) is -0.411. The Morgan fingerprint density at radius 3 is 2.62 bits per heavy atom. The van der Waals surface area contributed by atoms with Crippen LogP contribution < -0.4 is 0 Å². The van der Waals surface area contributed by atoms with Crippen molar-refractivity contribution < 1.29 is 15.3 Å². The van der Waals surface area contributed by atoms with Crippen molar-refractivity contribution in [3.63, 3.8) is 0 Å². The van der Waals surface area contributed by atoms with Gasteiger partial charge in [0.05, 0.1) is 0 Å². The van der Waals surface area contributed by atoms with E-state index in [-0.39, 0.29) is 29.1 Å². The lowest BCUT2D eigenvalue weighted by molar-refractivity contribution is 0.374. The number of benzene rings is 1. The summed E-state index contributed by atoms with van der Waals surface area (Å²) < 4.78 is 0. The minimum atomic E-state index is -0.228. The molecule has 0 saturated carbocycles. The average molecular weight is 328 g/mol. The van der Waals surface area contributed by atoms with E-state index >= 15 is 0 Å². The average Bonchev–Trinajstić information content (AvgIpc) is 2.52. The normalized spacial score (nSPS) is 21.0. The van der Waals surface area contributed by atoms with Gasteiger partial charge in [-0.2, -0.15) is 0 Å². The Balaban J connectivity index is 2.52. The molecular weight excluding hydrogens is 300 g/mol. The Labute approximate surface area is 144 Å². The lowest BCUT2D eigenvalue weighted by atomic mass is 9.73. The molecule has 0 aliphatic heterocycles. The van der Waals surface area contributed by atoms with Crippen LogP contribution in [0.2, 0.25) is 0 Å². The number of allylic oxidation sites excluding steroid dienone is 4. The predicted octanol–water partition coefficient (Wildman–Crippen LogP) is 5.63. The predicted molar refractivity (Wildman–Crippen MR) is 99.4 cm³/mol. The molecule has 1 aliphatic rings. The van der Waals surface area contributed by atoms with Gasteiger partial charge in [0.1, 0.15) is 5.75 Å². The number of aromatic hydroxyl groups is 3. The van der Waals surface area contributed by atoms with Gasteiger partial charge in [0.15, 0.2) is 11.5 Å². The van der Waals surface area contributed by atoms with Gasteiger partial charge in [-0.3, -0.25) is 0 Å². The Bertz CT molecular complexity index is 683. The number of unbranched alkanes of at least 4 members (excludes halogenated alkanes) is 1. The summed E-state index contributed by atoms with van der Waals surface area (Å²) in [6, 6.07) is 1.53.